The molecular weight excluding hydrogens is 233 g/mol. The average molecular weight is 255 g/mol. The molecule has 0 amide bonds. The molecule has 0 radical (unpaired) electrons. The van der Waals surface area contributed by atoms with Gasteiger partial charge in [0.15, 0.2) is 11.6 Å². The minimum absolute atomic E-state index is 0.115. The Hall–Kier alpha value is -1.13. The van der Waals surface area contributed by atoms with E-state index in [1.165, 1.54) is 6.07 Å². The van der Waals surface area contributed by atoms with E-state index < -0.39 is 11.9 Å². The van der Waals surface area contributed by atoms with Gasteiger partial charge < -0.3 is 15.2 Å². The molecule has 3 nitrogen and oxygen atoms in total. The van der Waals surface area contributed by atoms with Crippen molar-refractivity contribution in [1.29, 1.82) is 0 Å². The van der Waals surface area contributed by atoms with E-state index in [-0.39, 0.29) is 18.4 Å². The monoisotopic (exact) mass is 255 g/mol. The van der Waals surface area contributed by atoms with E-state index >= 15 is 0 Å². The molecular formula is C14H22FNO2. The van der Waals surface area contributed by atoms with Crippen LogP contribution in [0.3, 0.4) is 0 Å². The van der Waals surface area contributed by atoms with Crippen molar-refractivity contribution < 1.29 is 14.2 Å². The molecule has 0 saturated carbocycles. The third-order valence-corrected chi connectivity index (χ3v) is 2.74. The van der Waals surface area contributed by atoms with Gasteiger partial charge in [0.1, 0.15) is 6.10 Å². The molecule has 0 aromatic heterocycles. The zero-order chi connectivity index (χ0) is 13.5. The number of hydrogen-bond acceptors (Lipinski definition) is 3. The Morgan fingerprint density at radius 3 is 2.67 bits per heavy atom. The molecule has 0 fully saturated rings. The Labute approximate surface area is 108 Å². The molecule has 0 aliphatic heterocycles. The van der Waals surface area contributed by atoms with Crippen molar-refractivity contribution >= 4 is 0 Å². The first kappa shape index (κ1) is 14.9. The molecule has 0 saturated heterocycles. The van der Waals surface area contributed by atoms with E-state index in [0.29, 0.717) is 0 Å². The first-order chi connectivity index (χ1) is 8.58. The van der Waals surface area contributed by atoms with Crippen LogP contribution in [-0.4, -0.2) is 24.4 Å². The van der Waals surface area contributed by atoms with Gasteiger partial charge in [-0.2, -0.15) is 0 Å². The Balaban J connectivity index is 2.72. The van der Waals surface area contributed by atoms with Crippen LogP contribution in [0.25, 0.3) is 0 Å². The highest BCUT2D eigenvalue weighted by atomic mass is 19.1. The van der Waals surface area contributed by atoms with Crippen LogP contribution < -0.4 is 10.1 Å². The lowest BCUT2D eigenvalue weighted by atomic mass is 10.1. The summed E-state index contributed by atoms with van der Waals surface area (Å²) in [5.74, 6) is -0.207. The summed E-state index contributed by atoms with van der Waals surface area (Å²) in [5.41, 5.74) is 0.893. The van der Waals surface area contributed by atoms with Crippen LogP contribution in [-0.2, 0) is 0 Å². The van der Waals surface area contributed by atoms with Crippen LogP contribution in [0.1, 0.15) is 38.8 Å². The quantitative estimate of drug-likeness (QED) is 0.787. The SMILES string of the molecule is CCCNC(C)c1ccc(OC(C)CO)c(F)c1. The molecule has 0 spiro atoms. The van der Waals surface area contributed by atoms with Crippen LogP contribution in [0.2, 0.25) is 0 Å². The van der Waals surface area contributed by atoms with Crippen molar-refractivity contribution in [1.82, 2.24) is 5.32 Å². The van der Waals surface area contributed by atoms with Gasteiger partial charge in [0.25, 0.3) is 0 Å². The van der Waals surface area contributed by atoms with Crippen LogP contribution >= 0.6 is 0 Å². The Kier molecular flexibility index (Phi) is 6.09. The minimum Gasteiger partial charge on any atom is -0.485 e. The van der Waals surface area contributed by atoms with E-state index in [1.54, 1.807) is 13.0 Å². The topological polar surface area (TPSA) is 41.5 Å². The lowest BCUT2D eigenvalue weighted by molar-refractivity contribution is 0.125. The number of aliphatic hydroxyl groups is 1. The number of aliphatic hydroxyl groups excluding tert-OH is 1. The van der Waals surface area contributed by atoms with Crippen molar-refractivity contribution in [2.24, 2.45) is 0 Å². The van der Waals surface area contributed by atoms with E-state index in [9.17, 15) is 4.39 Å². The normalized spacial score (nSPS) is 14.3. The van der Waals surface area contributed by atoms with Gasteiger partial charge in [0.2, 0.25) is 0 Å². The lowest BCUT2D eigenvalue weighted by Crippen LogP contribution is -2.20. The highest BCUT2D eigenvalue weighted by Crippen LogP contribution is 2.22. The summed E-state index contributed by atoms with van der Waals surface area (Å²) in [6.07, 6.45) is 0.642. The highest BCUT2D eigenvalue weighted by Gasteiger charge is 2.11. The zero-order valence-corrected chi connectivity index (χ0v) is 11.2. The third kappa shape index (κ3) is 4.27. The number of ether oxygens (including phenoxy) is 1. The molecule has 2 unspecified atom stereocenters. The van der Waals surface area contributed by atoms with Crippen molar-refractivity contribution in [3.05, 3.63) is 29.6 Å². The summed E-state index contributed by atoms with van der Waals surface area (Å²) in [5, 5.41) is 12.2. The number of rotatable bonds is 7. The average Bonchev–Trinajstić information content (AvgIpc) is 2.38. The predicted octanol–water partition coefficient (Wildman–Crippen LogP) is 2.65. The second-order valence-electron chi connectivity index (χ2n) is 4.48. The zero-order valence-electron chi connectivity index (χ0n) is 11.2. The maximum atomic E-state index is 13.8. The van der Waals surface area contributed by atoms with Crippen molar-refractivity contribution in [2.45, 2.75) is 39.3 Å². The van der Waals surface area contributed by atoms with Crippen LogP contribution in [0.15, 0.2) is 18.2 Å². The van der Waals surface area contributed by atoms with E-state index in [2.05, 4.69) is 12.2 Å². The van der Waals surface area contributed by atoms with E-state index in [0.717, 1.165) is 18.5 Å². The van der Waals surface area contributed by atoms with Crippen molar-refractivity contribution in [2.75, 3.05) is 13.2 Å². The smallest absolute Gasteiger partial charge is 0.165 e. The van der Waals surface area contributed by atoms with Gasteiger partial charge >= 0.3 is 0 Å². The first-order valence-corrected chi connectivity index (χ1v) is 6.38. The number of nitrogens with one attached hydrogen (secondary N) is 1. The van der Waals surface area contributed by atoms with Crippen molar-refractivity contribution in [3.8, 4) is 5.75 Å². The second-order valence-corrected chi connectivity index (χ2v) is 4.48. The Morgan fingerprint density at radius 1 is 1.39 bits per heavy atom. The molecule has 1 aromatic carbocycles. The van der Waals surface area contributed by atoms with Crippen LogP contribution in [0, 0.1) is 5.82 Å². The molecule has 0 aliphatic carbocycles. The van der Waals surface area contributed by atoms with E-state index in [1.807, 2.05) is 13.0 Å². The fraction of sp³-hybridized carbons (Fsp3) is 0.571. The predicted molar refractivity (Wildman–Crippen MR) is 70.3 cm³/mol. The fourth-order valence-corrected chi connectivity index (χ4v) is 1.61. The van der Waals surface area contributed by atoms with Gasteiger partial charge in [-0.05, 0) is 44.5 Å². The molecule has 0 heterocycles. The molecule has 1 aromatic rings. The minimum atomic E-state index is -0.402. The molecule has 2 N–H and O–H groups in total. The summed E-state index contributed by atoms with van der Waals surface area (Å²) >= 11 is 0. The molecule has 0 aliphatic rings. The first-order valence-electron chi connectivity index (χ1n) is 6.38. The maximum Gasteiger partial charge on any atom is 0.165 e. The van der Waals surface area contributed by atoms with Gasteiger partial charge in [0.05, 0.1) is 6.61 Å². The summed E-state index contributed by atoms with van der Waals surface area (Å²) in [7, 11) is 0. The van der Waals surface area contributed by atoms with Crippen LogP contribution in [0.4, 0.5) is 4.39 Å². The van der Waals surface area contributed by atoms with Gasteiger partial charge in [-0.3, -0.25) is 0 Å². The second kappa shape index (κ2) is 7.34. The molecule has 0 bridgehead atoms. The largest absolute Gasteiger partial charge is 0.485 e. The van der Waals surface area contributed by atoms with Gasteiger partial charge in [-0.1, -0.05) is 13.0 Å². The molecule has 1 rings (SSSR count). The Bertz CT molecular complexity index is 371. The number of halogens is 1. The number of hydrogen-bond donors (Lipinski definition) is 2. The molecule has 2 atom stereocenters. The maximum absolute atomic E-state index is 13.8. The van der Waals surface area contributed by atoms with E-state index in [4.69, 9.17) is 9.84 Å². The van der Waals surface area contributed by atoms with Gasteiger partial charge in [-0.15, -0.1) is 0 Å². The van der Waals surface area contributed by atoms with Gasteiger partial charge in [0, 0.05) is 6.04 Å². The van der Waals surface area contributed by atoms with Crippen molar-refractivity contribution in [3.63, 3.8) is 0 Å². The van der Waals surface area contributed by atoms with Crippen LogP contribution in [0.5, 0.6) is 5.75 Å². The highest BCUT2D eigenvalue weighted by molar-refractivity contribution is 5.31. The summed E-state index contributed by atoms with van der Waals surface area (Å²) in [6, 6.07) is 5.05. The third-order valence-electron chi connectivity index (χ3n) is 2.74. The standard InChI is InChI=1S/C14H22FNO2/c1-4-7-16-11(3)12-5-6-14(13(15)8-12)18-10(2)9-17/h5-6,8,10-11,16-17H,4,7,9H2,1-3H3. The Morgan fingerprint density at radius 2 is 2.11 bits per heavy atom. The molecule has 18 heavy (non-hydrogen) atoms. The summed E-state index contributed by atoms with van der Waals surface area (Å²) in [4.78, 5) is 0. The van der Waals surface area contributed by atoms with Gasteiger partial charge in [-0.25, -0.2) is 4.39 Å². The molecule has 102 valence electrons. The number of benzene rings is 1. The molecule has 4 heteroatoms. The lowest BCUT2D eigenvalue weighted by Gasteiger charge is -2.16. The summed E-state index contributed by atoms with van der Waals surface area (Å²) < 4.78 is 19.1. The summed E-state index contributed by atoms with van der Waals surface area (Å²) in [6.45, 7) is 6.56. The fourth-order valence-electron chi connectivity index (χ4n) is 1.61.